The van der Waals surface area contributed by atoms with Crippen molar-refractivity contribution in [3.05, 3.63) is 47.8 Å². The van der Waals surface area contributed by atoms with E-state index in [1.165, 1.54) is 25.3 Å². The summed E-state index contributed by atoms with van der Waals surface area (Å²) in [5.41, 5.74) is 0.206. The van der Waals surface area contributed by atoms with E-state index in [-0.39, 0.29) is 11.3 Å². The van der Waals surface area contributed by atoms with Gasteiger partial charge in [0.25, 0.3) is 5.92 Å². The van der Waals surface area contributed by atoms with E-state index in [1.807, 2.05) is 0 Å². The van der Waals surface area contributed by atoms with Crippen LogP contribution in [0.1, 0.15) is 24.3 Å². The molecule has 0 amide bonds. The molecule has 1 heterocycles. The summed E-state index contributed by atoms with van der Waals surface area (Å²) in [6, 6.07) is 7.54. The number of aliphatic hydroxyl groups is 1. The molecule has 0 spiro atoms. The van der Waals surface area contributed by atoms with Gasteiger partial charge in [-0.25, -0.2) is 4.68 Å². The van der Waals surface area contributed by atoms with E-state index < -0.39 is 18.6 Å². The number of rotatable bonds is 4. The van der Waals surface area contributed by atoms with Crippen molar-refractivity contribution in [3.8, 4) is 0 Å². The van der Waals surface area contributed by atoms with E-state index in [0.717, 1.165) is 4.68 Å². The summed E-state index contributed by atoms with van der Waals surface area (Å²) >= 11 is 0. The lowest BCUT2D eigenvalue weighted by molar-refractivity contribution is -0.0258. The topological polar surface area (TPSA) is 50.9 Å². The quantitative estimate of drug-likeness (QED) is 0.908. The van der Waals surface area contributed by atoms with Gasteiger partial charge in [-0.1, -0.05) is 35.5 Å². The van der Waals surface area contributed by atoms with Crippen LogP contribution in [0, 0.1) is 0 Å². The number of aliphatic hydroxyl groups excluding tert-OH is 1. The first-order valence-electron chi connectivity index (χ1n) is 5.50. The number of benzene rings is 1. The highest BCUT2D eigenvalue weighted by molar-refractivity contribution is 5.19. The van der Waals surface area contributed by atoms with E-state index in [0.29, 0.717) is 0 Å². The molecule has 0 aliphatic rings. The maximum Gasteiger partial charge on any atom is 0.292 e. The van der Waals surface area contributed by atoms with Crippen molar-refractivity contribution >= 4 is 0 Å². The predicted octanol–water partition coefficient (Wildman–Crippen LogP) is 2.12. The molecular weight excluding hydrogens is 240 g/mol. The summed E-state index contributed by atoms with van der Waals surface area (Å²) in [6.07, 6.45) is 0.505. The molecule has 6 heteroatoms. The first-order valence-corrected chi connectivity index (χ1v) is 5.50. The van der Waals surface area contributed by atoms with Crippen molar-refractivity contribution in [2.45, 2.75) is 25.5 Å². The maximum atomic E-state index is 13.9. The third-order valence-corrected chi connectivity index (χ3v) is 2.54. The average Bonchev–Trinajstić information content (AvgIpc) is 2.78. The molecule has 0 saturated heterocycles. The molecule has 0 fully saturated rings. The molecule has 0 saturated carbocycles. The molecule has 2 rings (SSSR count). The van der Waals surface area contributed by atoms with Gasteiger partial charge < -0.3 is 5.11 Å². The van der Waals surface area contributed by atoms with Crippen LogP contribution in [0.15, 0.2) is 36.5 Å². The fourth-order valence-corrected chi connectivity index (χ4v) is 1.56. The van der Waals surface area contributed by atoms with E-state index in [4.69, 9.17) is 0 Å². The van der Waals surface area contributed by atoms with Crippen molar-refractivity contribution in [1.82, 2.24) is 15.0 Å². The molecule has 0 aliphatic carbocycles. The van der Waals surface area contributed by atoms with Crippen molar-refractivity contribution in [2.75, 3.05) is 0 Å². The van der Waals surface area contributed by atoms with Gasteiger partial charge in [0, 0.05) is 5.56 Å². The van der Waals surface area contributed by atoms with Crippen molar-refractivity contribution in [1.29, 1.82) is 0 Å². The molecular formula is C12H13F2N3O. The molecule has 18 heavy (non-hydrogen) atoms. The summed E-state index contributed by atoms with van der Waals surface area (Å²) in [7, 11) is 0. The SMILES string of the molecule is CC(O)c1cn(CC(F)(F)c2ccccc2)nn1. The Hall–Kier alpha value is -1.82. The first-order chi connectivity index (χ1) is 8.49. The lowest BCUT2D eigenvalue weighted by Crippen LogP contribution is -2.21. The standard InChI is InChI=1S/C12H13F2N3O/c1-9(18)11-7-17(16-15-11)8-12(13,14)10-5-3-2-4-6-10/h2-7,9,18H,8H2,1H3. The van der Waals surface area contributed by atoms with Crippen LogP contribution in [0.5, 0.6) is 0 Å². The molecule has 1 N–H and O–H groups in total. The van der Waals surface area contributed by atoms with Gasteiger partial charge in [-0.05, 0) is 6.92 Å². The molecule has 2 aromatic rings. The summed E-state index contributed by atoms with van der Waals surface area (Å²) in [4.78, 5) is 0. The highest BCUT2D eigenvalue weighted by atomic mass is 19.3. The van der Waals surface area contributed by atoms with Crippen LogP contribution in [-0.4, -0.2) is 20.1 Å². The minimum Gasteiger partial charge on any atom is -0.387 e. The Kier molecular flexibility index (Phi) is 3.38. The number of halogens is 2. The Labute approximate surface area is 103 Å². The minimum atomic E-state index is -3.02. The van der Waals surface area contributed by atoms with Crippen LogP contribution in [0.3, 0.4) is 0 Å². The van der Waals surface area contributed by atoms with E-state index in [9.17, 15) is 13.9 Å². The van der Waals surface area contributed by atoms with Gasteiger partial charge in [0.15, 0.2) is 0 Å². The third kappa shape index (κ3) is 2.70. The molecule has 1 aromatic heterocycles. The van der Waals surface area contributed by atoms with Gasteiger partial charge in [-0.2, -0.15) is 8.78 Å². The Balaban J connectivity index is 2.17. The van der Waals surface area contributed by atoms with Crippen LogP contribution in [0.2, 0.25) is 0 Å². The Bertz CT molecular complexity index is 511. The summed E-state index contributed by atoms with van der Waals surface area (Å²) < 4.78 is 28.8. The first kappa shape index (κ1) is 12.6. The van der Waals surface area contributed by atoms with Gasteiger partial charge in [-0.15, -0.1) is 5.10 Å². The second kappa shape index (κ2) is 4.81. The highest BCUT2D eigenvalue weighted by Crippen LogP contribution is 2.29. The minimum absolute atomic E-state index is 0.0703. The zero-order chi connectivity index (χ0) is 13.2. The molecule has 0 bridgehead atoms. The molecule has 1 unspecified atom stereocenters. The van der Waals surface area contributed by atoms with Crippen molar-refractivity contribution in [3.63, 3.8) is 0 Å². The average molecular weight is 253 g/mol. The van der Waals surface area contributed by atoms with Gasteiger partial charge in [0.1, 0.15) is 12.2 Å². The molecule has 0 aliphatic heterocycles. The van der Waals surface area contributed by atoms with E-state index >= 15 is 0 Å². The lowest BCUT2D eigenvalue weighted by Gasteiger charge is -2.16. The molecule has 96 valence electrons. The fraction of sp³-hybridized carbons (Fsp3) is 0.333. The van der Waals surface area contributed by atoms with Crippen LogP contribution in [0.4, 0.5) is 8.78 Å². The zero-order valence-electron chi connectivity index (χ0n) is 9.79. The smallest absolute Gasteiger partial charge is 0.292 e. The molecule has 4 nitrogen and oxygen atoms in total. The molecule has 0 radical (unpaired) electrons. The van der Waals surface area contributed by atoms with Gasteiger partial charge in [0.05, 0.1) is 12.3 Å². The summed E-state index contributed by atoms with van der Waals surface area (Å²) in [5, 5.41) is 16.4. The predicted molar refractivity (Wildman–Crippen MR) is 61.0 cm³/mol. The van der Waals surface area contributed by atoms with Gasteiger partial charge >= 0.3 is 0 Å². The number of aromatic nitrogens is 3. The van der Waals surface area contributed by atoms with Gasteiger partial charge in [0.2, 0.25) is 0 Å². The van der Waals surface area contributed by atoms with Crippen molar-refractivity contribution < 1.29 is 13.9 Å². The van der Waals surface area contributed by atoms with E-state index in [2.05, 4.69) is 10.3 Å². The normalized spacial score (nSPS) is 13.6. The number of hydrogen-bond donors (Lipinski definition) is 1. The number of hydrogen-bond acceptors (Lipinski definition) is 3. The van der Waals surface area contributed by atoms with Crippen LogP contribution < -0.4 is 0 Å². The lowest BCUT2D eigenvalue weighted by atomic mass is 10.1. The maximum absolute atomic E-state index is 13.9. The second-order valence-electron chi connectivity index (χ2n) is 4.09. The largest absolute Gasteiger partial charge is 0.387 e. The van der Waals surface area contributed by atoms with E-state index in [1.54, 1.807) is 18.2 Å². The summed E-state index contributed by atoms with van der Waals surface area (Å²) in [6.45, 7) is 0.903. The Morgan fingerprint density at radius 3 is 2.56 bits per heavy atom. The number of alkyl halides is 2. The molecule has 1 atom stereocenters. The number of nitrogens with zero attached hydrogens (tertiary/aromatic N) is 3. The molecule has 1 aromatic carbocycles. The second-order valence-corrected chi connectivity index (χ2v) is 4.09. The zero-order valence-corrected chi connectivity index (χ0v) is 9.79. The van der Waals surface area contributed by atoms with Crippen molar-refractivity contribution in [2.24, 2.45) is 0 Å². The van der Waals surface area contributed by atoms with Gasteiger partial charge in [-0.3, -0.25) is 0 Å². The third-order valence-electron chi connectivity index (χ3n) is 2.54. The Morgan fingerprint density at radius 1 is 1.33 bits per heavy atom. The fourth-order valence-electron chi connectivity index (χ4n) is 1.56. The van der Waals surface area contributed by atoms with Crippen LogP contribution in [-0.2, 0) is 12.5 Å². The monoisotopic (exact) mass is 253 g/mol. The Morgan fingerprint density at radius 2 is 2.00 bits per heavy atom. The highest BCUT2D eigenvalue weighted by Gasteiger charge is 2.32. The van der Waals surface area contributed by atoms with Crippen LogP contribution in [0.25, 0.3) is 0 Å². The van der Waals surface area contributed by atoms with Crippen LogP contribution >= 0.6 is 0 Å². The summed E-state index contributed by atoms with van der Waals surface area (Å²) in [5.74, 6) is -3.02.